The van der Waals surface area contributed by atoms with Gasteiger partial charge in [-0.2, -0.15) is 0 Å². The number of hydrogen-bond donors (Lipinski definition) is 0. The minimum Gasteiger partial charge on any atom is -0.367 e. The van der Waals surface area contributed by atoms with Crippen LogP contribution < -0.4 is 0 Å². The van der Waals surface area contributed by atoms with Gasteiger partial charge in [-0.1, -0.05) is 90.5 Å². The predicted octanol–water partition coefficient (Wildman–Crippen LogP) is 6.16. The van der Waals surface area contributed by atoms with Crippen LogP contribution in [0.2, 0.25) is 0 Å². The van der Waals surface area contributed by atoms with Crippen molar-refractivity contribution in [3.63, 3.8) is 0 Å². The van der Waals surface area contributed by atoms with Crippen LogP contribution in [0.25, 0.3) is 16.2 Å². The standard InChI is InChI=1S/C30H29N3O2S/c1-23-12-14-26(15-13-23)28-19-33-27(22-36-30(33)31-28)16-17-32(18-24-8-4-2-5-9-24)29(34)21-35-20-25-10-6-3-7-11-25/h2-15,19,22H,16-18,20-21H2,1H3. The lowest BCUT2D eigenvalue weighted by molar-refractivity contribution is -0.137. The summed E-state index contributed by atoms with van der Waals surface area (Å²) in [6.45, 7) is 3.73. The number of aryl methyl sites for hydroxylation is 1. The zero-order valence-corrected chi connectivity index (χ0v) is 21.2. The Morgan fingerprint density at radius 1 is 0.944 bits per heavy atom. The van der Waals surface area contributed by atoms with Crippen LogP contribution in [-0.2, 0) is 29.1 Å². The van der Waals surface area contributed by atoms with Crippen LogP contribution >= 0.6 is 11.3 Å². The van der Waals surface area contributed by atoms with Crippen molar-refractivity contribution in [2.75, 3.05) is 13.2 Å². The van der Waals surface area contributed by atoms with Crippen molar-refractivity contribution in [3.05, 3.63) is 119 Å². The molecule has 36 heavy (non-hydrogen) atoms. The number of hydrogen-bond acceptors (Lipinski definition) is 4. The summed E-state index contributed by atoms with van der Waals surface area (Å²) in [4.78, 5) is 20.8. The summed E-state index contributed by atoms with van der Waals surface area (Å²) in [6.07, 6.45) is 2.83. The number of fused-ring (bicyclic) bond motifs is 1. The maximum atomic E-state index is 13.2. The number of imidazole rings is 1. The molecular weight excluding hydrogens is 466 g/mol. The second-order valence-electron chi connectivity index (χ2n) is 8.90. The Hall–Kier alpha value is -3.74. The van der Waals surface area contributed by atoms with Gasteiger partial charge in [0.15, 0.2) is 4.96 Å². The van der Waals surface area contributed by atoms with Gasteiger partial charge in [0, 0.05) is 42.3 Å². The maximum Gasteiger partial charge on any atom is 0.248 e. The summed E-state index contributed by atoms with van der Waals surface area (Å²) in [5.74, 6) is -0.00719. The highest BCUT2D eigenvalue weighted by Gasteiger charge is 2.17. The number of amides is 1. The highest BCUT2D eigenvalue weighted by Crippen LogP contribution is 2.24. The van der Waals surface area contributed by atoms with E-state index >= 15 is 0 Å². The number of rotatable bonds is 10. The molecule has 0 bridgehead atoms. The lowest BCUT2D eigenvalue weighted by Crippen LogP contribution is -2.35. The monoisotopic (exact) mass is 495 g/mol. The third-order valence-corrected chi connectivity index (χ3v) is 7.06. The van der Waals surface area contributed by atoms with E-state index in [1.165, 1.54) is 5.56 Å². The number of carbonyl (C=O) groups excluding carboxylic acids is 1. The average Bonchev–Trinajstić information content (AvgIpc) is 3.49. The molecule has 0 N–H and O–H groups in total. The quantitative estimate of drug-likeness (QED) is 0.233. The van der Waals surface area contributed by atoms with Gasteiger partial charge >= 0.3 is 0 Å². The zero-order chi connectivity index (χ0) is 24.7. The van der Waals surface area contributed by atoms with Gasteiger partial charge < -0.3 is 9.64 Å². The van der Waals surface area contributed by atoms with E-state index in [0.717, 1.165) is 39.5 Å². The van der Waals surface area contributed by atoms with Gasteiger partial charge in [-0.25, -0.2) is 4.98 Å². The topological polar surface area (TPSA) is 46.8 Å². The molecule has 6 heteroatoms. The van der Waals surface area contributed by atoms with E-state index in [2.05, 4.69) is 59.3 Å². The van der Waals surface area contributed by atoms with Gasteiger partial charge in [0.1, 0.15) is 6.61 Å². The number of aromatic nitrogens is 2. The third kappa shape index (κ3) is 5.90. The van der Waals surface area contributed by atoms with E-state index < -0.39 is 0 Å². The Morgan fingerprint density at radius 3 is 2.36 bits per heavy atom. The molecule has 0 spiro atoms. The first-order chi connectivity index (χ1) is 17.7. The molecular formula is C30H29N3O2S. The molecule has 0 aliphatic heterocycles. The molecule has 0 aliphatic carbocycles. The summed E-state index contributed by atoms with van der Waals surface area (Å²) in [6, 6.07) is 28.5. The van der Waals surface area contributed by atoms with E-state index in [1.54, 1.807) is 11.3 Å². The van der Waals surface area contributed by atoms with E-state index in [9.17, 15) is 4.79 Å². The van der Waals surface area contributed by atoms with Gasteiger partial charge in [-0.05, 0) is 18.1 Å². The lowest BCUT2D eigenvalue weighted by Gasteiger charge is -2.23. The summed E-state index contributed by atoms with van der Waals surface area (Å²) >= 11 is 1.63. The van der Waals surface area contributed by atoms with Gasteiger partial charge in [0.2, 0.25) is 5.91 Å². The van der Waals surface area contributed by atoms with E-state index in [0.29, 0.717) is 19.7 Å². The van der Waals surface area contributed by atoms with Crippen LogP contribution in [0.15, 0.2) is 96.5 Å². The van der Waals surface area contributed by atoms with Crippen molar-refractivity contribution in [2.45, 2.75) is 26.5 Å². The number of ether oxygens (including phenoxy) is 1. The van der Waals surface area contributed by atoms with Crippen molar-refractivity contribution in [2.24, 2.45) is 0 Å². The van der Waals surface area contributed by atoms with Crippen LogP contribution in [0.5, 0.6) is 0 Å². The number of carbonyl (C=O) groups is 1. The number of nitrogens with zero attached hydrogens (tertiary/aromatic N) is 3. The smallest absolute Gasteiger partial charge is 0.248 e. The van der Waals surface area contributed by atoms with Gasteiger partial charge in [0.25, 0.3) is 0 Å². The first-order valence-corrected chi connectivity index (χ1v) is 13.0. The molecule has 0 radical (unpaired) electrons. The SMILES string of the molecule is Cc1ccc(-c2cn3c(CCN(Cc4ccccc4)C(=O)COCc4ccccc4)csc3n2)cc1. The molecule has 5 nitrogen and oxygen atoms in total. The number of benzene rings is 3. The van der Waals surface area contributed by atoms with Crippen molar-refractivity contribution in [3.8, 4) is 11.3 Å². The summed E-state index contributed by atoms with van der Waals surface area (Å²) in [5, 5.41) is 2.14. The summed E-state index contributed by atoms with van der Waals surface area (Å²) in [7, 11) is 0. The summed E-state index contributed by atoms with van der Waals surface area (Å²) < 4.78 is 7.91. The average molecular weight is 496 g/mol. The molecule has 5 rings (SSSR count). The fourth-order valence-corrected chi connectivity index (χ4v) is 5.05. The fourth-order valence-electron chi connectivity index (χ4n) is 4.14. The highest BCUT2D eigenvalue weighted by molar-refractivity contribution is 7.15. The minimum atomic E-state index is -0.00719. The van der Waals surface area contributed by atoms with E-state index in [-0.39, 0.29) is 12.5 Å². The van der Waals surface area contributed by atoms with E-state index in [1.807, 2.05) is 53.4 Å². The van der Waals surface area contributed by atoms with Crippen molar-refractivity contribution in [1.82, 2.24) is 14.3 Å². The van der Waals surface area contributed by atoms with Crippen LogP contribution in [0.4, 0.5) is 0 Å². The Kier molecular flexibility index (Phi) is 7.55. The van der Waals surface area contributed by atoms with Gasteiger partial charge in [-0.3, -0.25) is 9.20 Å². The van der Waals surface area contributed by atoms with Crippen LogP contribution in [-0.4, -0.2) is 33.3 Å². The Labute approximate surface area is 215 Å². The molecule has 1 amide bonds. The van der Waals surface area contributed by atoms with Crippen molar-refractivity contribution in [1.29, 1.82) is 0 Å². The Balaban J connectivity index is 1.27. The number of thiazole rings is 1. The largest absolute Gasteiger partial charge is 0.367 e. The predicted molar refractivity (Wildman–Crippen MR) is 145 cm³/mol. The van der Waals surface area contributed by atoms with Crippen LogP contribution in [0.3, 0.4) is 0 Å². The Morgan fingerprint density at radius 2 is 1.64 bits per heavy atom. The molecule has 182 valence electrons. The molecule has 5 aromatic rings. The first-order valence-electron chi connectivity index (χ1n) is 12.1. The molecule has 0 fully saturated rings. The minimum absolute atomic E-state index is 0.00719. The zero-order valence-electron chi connectivity index (χ0n) is 20.3. The molecule has 2 heterocycles. The van der Waals surface area contributed by atoms with Crippen molar-refractivity contribution >= 4 is 22.2 Å². The fraction of sp³-hybridized carbons (Fsp3) is 0.200. The molecule has 0 saturated carbocycles. The molecule has 0 saturated heterocycles. The lowest BCUT2D eigenvalue weighted by atomic mass is 10.1. The second kappa shape index (κ2) is 11.3. The van der Waals surface area contributed by atoms with Gasteiger partial charge in [0.05, 0.1) is 12.3 Å². The molecule has 3 aromatic carbocycles. The molecule has 0 atom stereocenters. The molecule has 0 unspecified atom stereocenters. The van der Waals surface area contributed by atoms with Crippen LogP contribution in [0.1, 0.15) is 22.4 Å². The second-order valence-corrected chi connectivity index (χ2v) is 9.74. The molecule has 2 aromatic heterocycles. The third-order valence-electron chi connectivity index (χ3n) is 6.17. The molecule has 0 aliphatic rings. The normalized spacial score (nSPS) is 11.1. The van der Waals surface area contributed by atoms with Crippen molar-refractivity contribution < 1.29 is 9.53 Å². The van der Waals surface area contributed by atoms with Crippen LogP contribution in [0, 0.1) is 6.92 Å². The maximum absolute atomic E-state index is 13.2. The first kappa shape index (κ1) is 24.0. The van der Waals surface area contributed by atoms with E-state index in [4.69, 9.17) is 9.72 Å². The summed E-state index contributed by atoms with van der Waals surface area (Å²) in [5.41, 5.74) is 6.63. The van der Waals surface area contributed by atoms with Gasteiger partial charge in [-0.15, -0.1) is 11.3 Å². The Bertz CT molecular complexity index is 1410. The highest BCUT2D eigenvalue weighted by atomic mass is 32.1.